The molecule has 1 saturated heterocycles. The van der Waals surface area contributed by atoms with Crippen LogP contribution < -0.4 is 5.32 Å². The molecule has 19 heavy (non-hydrogen) atoms. The van der Waals surface area contributed by atoms with Gasteiger partial charge in [-0.1, -0.05) is 13.8 Å². The molecular weight excluding hydrogens is 265 g/mol. The second-order valence-corrected chi connectivity index (χ2v) is 5.22. The lowest BCUT2D eigenvalue weighted by Crippen LogP contribution is -2.63. The molecule has 5 nitrogen and oxygen atoms in total. The van der Waals surface area contributed by atoms with Crippen molar-refractivity contribution in [1.29, 1.82) is 0 Å². The molecule has 0 aromatic carbocycles. The summed E-state index contributed by atoms with van der Waals surface area (Å²) in [6, 6.07) is -1.00. The number of aliphatic carboxylic acids is 1. The Morgan fingerprint density at radius 2 is 1.63 bits per heavy atom. The first kappa shape index (κ1) is 15.6. The fourth-order valence-corrected chi connectivity index (χ4v) is 1.83. The number of rotatable bonds is 2. The van der Waals surface area contributed by atoms with Crippen molar-refractivity contribution in [3.8, 4) is 0 Å². The summed E-state index contributed by atoms with van der Waals surface area (Å²) in [5, 5.41) is 10.3. The van der Waals surface area contributed by atoms with E-state index in [1.807, 2.05) is 13.8 Å². The lowest BCUT2D eigenvalue weighted by atomic mass is 10.0. The van der Waals surface area contributed by atoms with E-state index >= 15 is 0 Å². The van der Waals surface area contributed by atoms with Gasteiger partial charge in [0.15, 0.2) is 0 Å². The molecule has 0 aromatic heterocycles. The molecule has 1 fully saturated rings. The Hall–Kier alpha value is -1.47. The fourth-order valence-electron chi connectivity index (χ4n) is 1.83. The Bertz CT molecular complexity index is 376. The average Bonchev–Trinajstić information content (AvgIpc) is 2.57. The first-order valence-corrected chi connectivity index (χ1v) is 5.86. The molecule has 1 aliphatic heterocycles. The third-order valence-electron chi connectivity index (χ3n) is 3.63. The highest BCUT2D eigenvalue weighted by Gasteiger charge is 2.59. The lowest BCUT2D eigenvalue weighted by Gasteiger charge is -2.30. The summed E-state index contributed by atoms with van der Waals surface area (Å²) < 4.78 is 38.2. The third kappa shape index (κ3) is 2.93. The van der Waals surface area contributed by atoms with Gasteiger partial charge in [-0.15, -0.1) is 0 Å². The molecule has 0 saturated carbocycles. The van der Waals surface area contributed by atoms with Gasteiger partial charge in [-0.3, -0.25) is 0 Å². The van der Waals surface area contributed by atoms with Crippen molar-refractivity contribution in [3.05, 3.63) is 0 Å². The molecule has 1 heterocycles. The molecule has 3 unspecified atom stereocenters. The van der Waals surface area contributed by atoms with E-state index in [0.29, 0.717) is 20.0 Å². The number of carboxylic acid groups (broad SMARTS) is 1. The summed E-state index contributed by atoms with van der Waals surface area (Å²) in [6.45, 7) is 4.85. The lowest BCUT2D eigenvalue weighted by molar-refractivity contribution is -0.203. The van der Waals surface area contributed by atoms with Gasteiger partial charge in [-0.25, -0.2) is 9.59 Å². The van der Waals surface area contributed by atoms with E-state index in [9.17, 15) is 22.8 Å². The quantitative estimate of drug-likeness (QED) is 0.809. The molecule has 0 spiro atoms. The van der Waals surface area contributed by atoms with Crippen LogP contribution in [0, 0.1) is 11.8 Å². The van der Waals surface area contributed by atoms with E-state index in [0.717, 1.165) is 0 Å². The number of nitrogens with one attached hydrogen (secondary N) is 1. The molecule has 0 bridgehead atoms. The number of carbonyl (C=O) groups excluding carboxylic acids is 1. The van der Waals surface area contributed by atoms with Crippen molar-refractivity contribution in [2.45, 2.75) is 32.5 Å². The second-order valence-electron chi connectivity index (χ2n) is 5.22. The van der Waals surface area contributed by atoms with Crippen LogP contribution in [0.15, 0.2) is 0 Å². The fraction of sp³-hybridized carbons (Fsp3) is 0.818. The van der Waals surface area contributed by atoms with Crippen LogP contribution in [0.1, 0.15) is 20.8 Å². The minimum absolute atomic E-state index is 0.174. The Morgan fingerprint density at radius 1 is 1.21 bits per heavy atom. The van der Waals surface area contributed by atoms with Gasteiger partial charge in [0, 0.05) is 13.1 Å². The molecular formula is C11H17F3N2O3. The van der Waals surface area contributed by atoms with Crippen LogP contribution in [-0.4, -0.2) is 46.8 Å². The number of nitrogens with zero attached hydrogens (tertiary/aromatic N) is 1. The topological polar surface area (TPSA) is 69.6 Å². The average molecular weight is 282 g/mol. The van der Waals surface area contributed by atoms with E-state index < -0.39 is 23.7 Å². The number of hydrogen-bond donors (Lipinski definition) is 2. The molecule has 2 amide bonds. The van der Waals surface area contributed by atoms with Gasteiger partial charge in [-0.2, -0.15) is 13.2 Å². The van der Waals surface area contributed by atoms with Crippen LogP contribution in [0.3, 0.4) is 0 Å². The molecule has 2 N–H and O–H groups in total. The molecule has 0 aliphatic carbocycles. The summed E-state index contributed by atoms with van der Waals surface area (Å²) >= 11 is 0. The van der Waals surface area contributed by atoms with E-state index in [1.165, 1.54) is 4.90 Å². The molecule has 1 aliphatic rings. The second kappa shape index (κ2) is 4.90. The zero-order valence-electron chi connectivity index (χ0n) is 10.9. The maximum atomic E-state index is 12.7. The Labute approximate surface area is 108 Å². The Morgan fingerprint density at radius 3 is 1.95 bits per heavy atom. The molecule has 8 heteroatoms. The van der Waals surface area contributed by atoms with Gasteiger partial charge in [0.2, 0.25) is 5.54 Å². The molecule has 110 valence electrons. The summed E-state index contributed by atoms with van der Waals surface area (Å²) in [4.78, 5) is 23.8. The zero-order chi connectivity index (χ0) is 15.0. The normalized spacial score (nSPS) is 26.9. The van der Waals surface area contributed by atoms with Crippen LogP contribution in [-0.2, 0) is 4.79 Å². The van der Waals surface area contributed by atoms with Crippen molar-refractivity contribution < 1.29 is 27.9 Å². The van der Waals surface area contributed by atoms with Crippen LogP contribution in [0.2, 0.25) is 0 Å². The number of amides is 2. The molecule has 3 atom stereocenters. The summed E-state index contributed by atoms with van der Waals surface area (Å²) in [7, 11) is 0. The number of carbonyl (C=O) groups is 2. The molecule has 1 rings (SSSR count). The van der Waals surface area contributed by atoms with Crippen LogP contribution in [0.4, 0.5) is 18.0 Å². The summed E-state index contributed by atoms with van der Waals surface area (Å²) in [5.74, 6) is -1.78. The van der Waals surface area contributed by atoms with Crippen molar-refractivity contribution in [3.63, 3.8) is 0 Å². The predicted molar refractivity (Wildman–Crippen MR) is 60.5 cm³/mol. The standard InChI is InChI=1S/C11H17F3N2O3/c1-6-4-16(5-7(6)2)9(19)15-10(3,8(17)18)11(12,13)14/h6-7H,4-5H2,1-3H3,(H,15,19)(H,17,18). The summed E-state index contributed by atoms with van der Waals surface area (Å²) in [6.07, 6.45) is -5.06. The highest BCUT2D eigenvalue weighted by Crippen LogP contribution is 2.31. The van der Waals surface area contributed by atoms with Crippen molar-refractivity contribution in [2.75, 3.05) is 13.1 Å². The van der Waals surface area contributed by atoms with Gasteiger partial charge >= 0.3 is 18.2 Å². The highest BCUT2D eigenvalue weighted by atomic mass is 19.4. The van der Waals surface area contributed by atoms with Gasteiger partial charge in [0.25, 0.3) is 0 Å². The van der Waals surface area contributed by atoms with Gasteiger partial charge < -0.3 is 15.3 Å². The number of alkyl halides is 3. The van der Waals surface area contributed by atoms with Crippen molar-refractivity contribution in [2.24, 2.45) is 11.8 Å². The number of hydrogen-bond acceptors (Lipinski definition) is 2. The highest BCUT2D eigenvalue weighted by molar-refractivity contribution is 5.86. The van der Waals surface area contributed by atoms with Crippen LogP contribution in [0.25, 0.3) is 0 Å². The third-order valence-corrected chi connectivity index (χ3v) is 3.63. The Kier molecular flexibility index (Phi) is 4.02. The SMILES string of the molecule is CC1CN(C(=O)NC(C)(C(=O)O)C(F)(F)F)CC1C. The zero-order valence-corrected chi connectivity index (χ0v) is 10.9. The minimum atomic E-state index is -5.06. The maximum Gasteiger partial charge on any atom is 0.422 e. The van der Waals surface area contributed by atoms with Gasteiger partial charge in [0.05, 0.1) is 0 Å². The maximum absolute atomic E-state index is 12.7. The van der Waals surface area contributed by atoms with Crippen molar-refractivity contribution in [1.82, 2.24) is 10.2 Å². The summed E-state index contributed by atoms with van der Waals surface area (Å²) in [5.41, 5.74) is -3.28. The molecule has 0 aromatic rings. The van der Waals surface area contributed by atoms with Crippen molar-refractivity contribution >= 4 is 12.0 Å². The van der Waals surface area contributed by atoms with E-state index in [-0.39, 0.29) is 11.8 Å². The van der Waals surface area contributed by atoms with Gasteiger partial charge in [-0.05, 0) is 18.8 Å². The predicted octanol–water partition coefficient (Wildman–Crippen LogP) is 1.69. The first-order chi connectivity index (χ1) is 8.49. The molecule has 0 radical (unpaired) electrons. The monoisotopic (exact) mass is 282 g/mol. The van der Waals surface area contributed by atoms with E-state index in [1.54, 1.807) is 5.32 Å². The van der Waals surface area contributed by atoms with Gasteiger partial charge in [0.1, 0.15) is 0 Å². The first-order valence-electron chi connectivity index (χ1n) is 5.86. The largest absolute Gasteiger partial charge is 0.479 e. The van der Waals surface area contributed by atoms with E-state index in [4.69, 9.17) is 5.11 Å². The van der Waals surface area contributed by atoms with Crippen LogP contribution >= 0.6 is 0 Å². The van der Waals surface area contributed by atoms with Crippen LogP contribution in [0.5, 0.6) is 0 Å². The Balaban J connectivity index is 2.82. The smallest absolute Gasteiger partial charge is 0.422 e. The number of halogens is 3. The number of urea groups is 1. The minimum Gasteiger partial charge on any atom is -0.479 e. The number of carboxylic acids is 1. The van der Waals surface area contributed by atoms with E-state index in [2.05, 4.69) is 0 Å². The number of likely N-dealkylation sites (tertiary alicyclic amines) is 1.